The monoisotopic (exact) mass is 1140 g/mol. The summed E-state index contributed by atoms with van der Waals surface area (Å²) in [7, 11) is -2.96. The molecule has 15 nitrogen and oxygen atoms in total. The molecule has 0 bridgehead atoms. The van der Waals surface area contributed by atoms with Crippen molar-refractivity contribution in [1.29, 1.82) is 0 Å². The van der Waals surface area contributed by atoms with Crippen LogP contribution < -0.4 is 19.3 Å². The summed E-state index contributed by atoms with van der Waals surface area (Å²) >= 11 is 0. The molecule has 0 radical (unpaired) electrons. The third-order valence-electron chi connectivity index (χ3n) is 18.4. The fourth-order valence-corrected chi connectivity index (χ4v) is 14.1. The van der Waals surface area contributed by atoms with Crippen molar-refractivity contribution in [2.24, 2.45) is 11.8 Å². The van der Waals surface area contributed by atoms with E-state index in [1.54, 1.807) is 0 Å². The molecule has 2 atom stereocenters. The van der Waals surface area contributed by atoms with E-state index in [2.05, 4.69) is 109 Å². The number of carbonyl (C=O) groups is 3. The minimum absolute atomic E-state index is 0.0854. The van der Waals surface area contributed by atoms with E-state index < -0.39 is 27.2 Å². The topological polar surface area (TPSA) is 143 Å². The highest BCUT2D eigenvalue weighted by molar-refractivity contribution is 6.76. The number of likely N-dealkylation sites (tertiary alicyclic amines) is 1. The molecule has 4 saturated carbocycles. The van der Waals surface area contributed by atoms with Gasteiger partial charge in [0.1, 0.15) is 42.2 Å². The Bertz CT molecular complexity index is 2790. The van der Waals surface area contributed by atoms with Crippen molar-refractivity contribution in [3.63, 3.8) is 0 Å². The third kappa shape index (κ3) is 12.3. The molecule has 7 aliphatic rings. The van der Waals surface area contributed by atoms with Crippen molar-refractivity contribution in [3.8, 4) is 34.3 Å². The number of amides is 3. The van der Waals surface area contributed by atoms with E-state index in [9.17, 15) is 14.4 Å². The SMILES string of the molecule is C[C@H]1CCc2c(ccc(-c3ncc(C4(c5cnc(-c6ccc7c(c6OC6CCC6)CC[C@H](C)N7C(=O)C6CC6)n5COCC[Si](C)(C)C)CCN(C(=O)OC(C)(C)C)CC4)n3COCC[Si](C)(C)C)c2OC2CCC2)N1C(=O)C1CC1. The lowest BCUT2D eigenvalue weighted by Gasteiger charge is -2.43. The number of imidazole rings is 2. The van der Waals surface area contributed by atoms with Crippen LogP contribution in [0.2, 0.25) is 51.4 Å². The van der Waals surface area contributed by atoms with Gasteiger partial charge >= 0.3 is 6.09 Å². The highest BCUT2D eigenvalue weighted by Gasteiger charge is 2.48. The normalized spacial score (nSPS) is 21.5. The molecule has 0 spiro atoms. The summed E-state index contributed by atoms with van der Waals surface area (Å²) in [5, 5.41) is 0. The van der Waals surface area contributed by atoms with Gasteiger partial charge in [0.25, 0.3) is 0 Å². The number of anilines is 2. The van der Waals surface area contributed by atoms with Crippen LogP contribution in [0.1, 0.15) is 147 Å². The third-order valence-corrected chi connectivity index (χ3v) is 21.8. The molecule has 5 heterocycles. The van der Waals surface area contributed by atoms with Gasteiger partial charge in [-0.2, -0.15) is 0 Å². The Labute approximate surface area is 484 Å². The first-order valence-corrected chi connectivity index (χ1v) is 38.6. The van der Waals surface area contributed by atoms with Crippen LogP contribution in [-0.2, 0) is 55.5 Å². The van der Waals surface area contributed by atoms with E-state index in [0.29, 0.717) is 39.1 Å². The minimum atomic E-state index is -1.48. The van der Waals surface area contributed by atoms with Gasteiger partial charge < -0.3 is 47.5 Å². The van der Waals surface area contributed by atoms with E-state index in [0.717, 1.165) is 170 Å². The van der Waals surface area contributed by atoms with Crippen LogP contribution in [0.25, 0.3) is 22.8 Å². The molecule has 1 saturated heterocycles. The Kier molecular flexibility index (Phi) is 16.3. The highest BCUT2D eigenvalue weighted by Crippen LogP contribution is 2.51. The molecule has 4 aromatic rings. The van der Waals surface area contributed by atoms with Gasteiger partial charge in [0, 0.05) is 89.9 Å². The van der Waals surface area contributed by atoms with Crippen LogP contribution in [0, 0.1) is 11.8 Å². The van der Waals surface area contributed by atoms with Gasteiger partial charge in [-0.1, -0.05) is 39.3 Å². The first-order chi connectivity index (χ1) is 38.6. The quantitative estimate of drug-likeness (QED) is 0.0620. The number of carbonyl (C=O) groups excluding carboxylic acids is 3. The average molecular weight is 1140 g/mol. The van der Waals surface area contributed by atoms with Gasteiger partial charge in [0.2, 0.25) is 11.8 Å². The Morgan fingerprint density at radius 3 is 1.38 bits per heavy atom. The number of hydrogen-bond donors (Lipinski definition) is 0. The zero-order chi connectivity index (χ0) is 57.2. The van der Waals surface area contributed by atoms with Crippen LogP contribution in [0.5, 0.6) is 11.5 Å². The highest BCUT2D eigenvalue weighted by atomic mass is 28.3. The molecule has 0 N–H and O–H groups in total. The van der Waals surface area contributed by atoms with Crippen LogP contribution in [0.3, 0.4) is 0 Å². The number of ether oxygens (including phenoxy) is 5. The van der Waals surface area contributed by atoms with Crippen molar-refractivity contribution >= 4 is 45.4 Å². The van der Waals surface area contributed by atoms with Gasteiger partial charge in [-0.25, -0.2) is 14.8 Å². The summed E-state index contributed by atoms with van der Waals surface area (Å²) < 4.78 is 38.8. The van der Waals surface area contributed by atoms with Gasteiger partial charge in [-0.05, 0) is 174 Å². The Morgan fingerprint density at radius 1 is 0.605 bits per heavy atom. The molecule has 0 unspecified atom stereocenters. The zero-order valence-corrected chi connectivity index (χ0v) is 52.8. The summed E-state index contributed by atoms with van der Waals surface area (Å²) in [6.07, 6.45) is 18.3. The number of nitrogens with zero attached hydrogens (tertiary/aromatic N) is 7. The molecule has 2 aromatic heterocycles. The molecular weight excluding hydrogens is 1050 g/mol. The second kappa shape index (κ2) is 22.9. The minimum Gasteiger partial charge on any atom is -0.489 e. The van der Waals surface area contributed by atoms with E-state index in [-0.39, 0.29) is 67.5 Å². The molecular formula is C64H93N7O8Si2. The zero-order valence-electron chi connectivity index (χ0n) is 50.8. The lowest BCUT2D eigenvalue weighted by atomic mass is 9.73. The molecule has 81 heavy (non-hydrogen) atoms. The fraction of sp³-hybridized carbons (Fsp3) is 0.672. The standard InChI is InChI=1S/C64H93N7O8Si2/c1-42-18-24-48-52(70(42)60(72)44-20-21-44)28-26-50(56(48)77-46-14-12-15-46)58-65-38-54(68(58)40-75-34-36-80(6,7)8)64(30-32-67(33-31-64)62(74)79-63(3,4)5)55-39-66-59(69(55)41-76-35-37-81(9,10)11)51-27-29-53-49(57(51)78-47-16-13-17-47)25-19-43(2)71(53)61(73)45-22-23-45/h26-29,38-39,42-47H,12-25,30-37,40-41H2,1-11H3/t42-,43-/m0/s1. The van der Waals surface area contributed by atoms with E-state index >= 15 is 0 Å². The van der Waals surface area contributed by atoms with Crippen molar-refractivity contribution in [1.82, 2.24) is 24.0 Å². The summed E-state index contributed by atoms with van der Waals surface area (Å²) in [5.74, 6) is 3.80. The van der Waals surface area contributed by atoms with E-state index in [4.69, 9.17) is 33.7 Å². The van der Waals surface area contributed by atoms with Crippen molar-refractivity contribution < 1.29 is 38.1 Å². The molecule has 11 rings (SSSR count). The van der Waals surface area contributed by atoms with Gasteiger partial charge in [0.05, 0.1) is 51.5 Å². The molecule has 440 valence electrons. The molecule has 2 aromatic carbocycles. The van der Waals surface area contributed by atoms with Crippen LogP contribution in [-0.4, -0.2) is 114 Å². The van der Waals surface area contributed by atoms with Crippen LogP contribution >= 0.6 is 0 Å². The fourth-order valence-electron chi connectivity index (χ4n) is 12.6. The predicted molar refractivity (Wildman–Crippen MR) is 324 cm³/mol. The number of piperidine rings is 1. The maximum Gasteiger partial charge on any atom is 0.410 e. The van der Waals surface area contributed by atoms with Crippen molar-refractivity contribution in [3.05, 3.63) is 59.2 Å². The number of aromatic nitrogens is 4. The van der Waals surface area contributed by atoms with Gasteiger partial charge in [0.15, 0.2) is 0 Å². The van der Waals surface area contributed by atoms with E-state index in [1.165, 1.54) is 0 Å². The number of hydrogen-bond acceptors (Lipinski definition) is 10. The Hall–Kier alpha value is -4.98. The number of rotatable bonds is 20. The van der Waals surface area contributed by atoms with Crippen molar-refractivity contribution in [2.75, 3.05) is 36.1 Å². The summed E-state index contributed by atoms with van der Waals surface area (Å²) in [6, 6.07) is 10.8. The second-order valence-electron chi connectivity index (χ2n) is 28.5. The van der Waals surface area contributed by atoms with E-state index in [1.807, 2.05) is 25.7 Å². The summed E-state index contributed by atoms with van der Waals surface area (Å²) in [4.78, 5) is 59.3. The largest absolute Gasteiger partial charge is 0.489 e. The van der Waals surface area contributed by atoms with Gasteiger partial charge in [-0.15, -0.1) is 0 Å². The Morgan fingerprint density at radius 2 is 1.02 bits per heavy atom. The predicted octanol–water partition coefficient (Wildman–Crippen LogP) is 13.4. The second-order valence-corrected chi connectivity index (χ2v) is 39.7. The van der Waals surface area contributed by atoms with Crippen LogP contribution in [0.4, 0.5) is 16.2 Å². The lowest BCUT2D eigenvalue weighted by Crippen LogP contribution is -2.48. The maximum absolute atomic E-state index is 14.1. The average Bonchev–Trinajstić information content (AvgIpc) is 3.82. The number of benzene rings is 2. The molecule has 17 heteroatoms. The summed E-state index contributed by atoms with van der Waals surface area (Å²) in [5.41, 5.74) is 6.40. The number of fused-ring (bicyclic) bond motifs is 2. The molecule has 5 fully saturated rings. The first-order valence-electron chi connectivity index (χ1n) is 31.1. The smallest absolute Gasteiger partial charge is 0.410 e. The summed E-state index contributed by atoms with van der Waals surface area (Å²) in [6.45, 7) is 27.0. The van der Waals surface area contributed by atoms with Crippen LogP contribution in [0.15, 0.2) is 36.7 Å². The Balaban J connectivity index is 1.09. The van der Waals surface area contributed by atoms with Crippen molar-refractivity contribution in [2.45, 2.75) is 237 Å². The first kappa shape index (κ1) is 57.8. The molecule has 3 aliphatic heterocycles. The van der Waals surface area contributed by atoms with Gasteiger partial charge in [-0.3, -0.25) is 9.59 Å². The molecule has 3 amide bonds. The maximum atomic E-state index is 14.1. The lowest BCUT2D eigenvalue weighted by molar-refractivity contribution is -0.121. The molecule has 4 aliphatic carbocycles.